The van der Waals surface area contributed by atoms with Crippen LogP contribution in [0.3, 0.4) is 0 Å². The molecule has 0 aliphatic rings. The standard InChI is InChI=1S/C26H20ClNO3/c1-16-22(27)14-13-20-21(15-23(28-24(16)20)18-9-5-3-6-10-18)26(30)31-17(2)25(29)19-11-7-4-8-12-19/h3-15,17H,1-2H3. The lowest BCUT2D eigenvalue weighted by atomic mass is 10.0. The maximum Gasteiger partial charge on any atom is 0.339 e. The zero-order valence-electron chi connectivity index (χ0n) is 17.1. The molecule has 4 aromatic rings. The Morgan fingerprint density at radius 2 is 1.58 bits per heavy atom. The van der Waals surface area contributed by atoms with Gasteiger partial charge < -0.3 is 4.74 Å². The van der Waals surface area contributed by atoms with Gasteiger partial charge in [0.2, 0.25) is 5.78 Å². The SMILES string of the molecule is Cc1c(Cl)ccc2c(C(=O)OC(C)C(=O)c3ccccc3)cc(-c3ccccc3)nc12. The third-order valence-electron chi connectivity index (χ3n) is 5.17. The largest absolute Gasteiger partial charge is 0.451 e. The van der Waals surface area contributed by atoms with Gasteiger partial charge >= 0.3 is 5.97 Å². The number of benzene rings is 3. The number of esters is 1. The van der Waals surface area contributed by atoms with Crippen LogP contribution in [0.5, 0.6) is 0 Å². The summed E-state index contributed by atoms with van der Waals surface area (Å²) in [6, 6.07) is 23.5. The van der Waals surface area contributed by atoms with Crippen LogP contribution < -0.4 is 0 Å². The topological polar surface area (TPSA) is 56.3 Å². The van der Waals surface area contributed by atoms with Crippen LogP contribution in [0.1, 0.15) is 33.2 Å². The molecule has 0 aliphatic heterocycles. The fourth-order valence-corrected chi connectivity index (χ4v) is 3.60. The van der Waals surface area contributed by atoms with E-state index in [4.69, 9.17) is 21.3 Å². The molecule has 1 atom stereocenters. The third kappa shape index (κ3) is 4.21. The first-order chi connectivity index (χ1) is 15.0. The molecule has 5 heteroatoms. The van der Waals surface area contributed by atoms with Crippen LogP contribution in [0, 0.1) is 6.92 Å². The van der Waals surface area contributed by atoms with Gasteiger partial charge in [-0.05, 0) is 31.5 Å². The Hall–Kier alpha value is -3.50. The Labute approximate surface area is 185 Å². The maximum atomic E-state index is 13.1. The van der Waals surface area contributed by atoms with E-state index in [1.165, 1.54) is 0 Å². The van der Waals surface area contributed by atoms with Crippen LogP contribution in [0.4, 0.5) is 0 Å². The lowest BCUT2D eigenvalue weighted by Gasteiger charge is -2.15. The average molecular weight is 430 g/mol. The summed E-state index contributed by atoms with van der Waals surface area (Å²) in [5.41, 5.74) is 3.74. The molecule has 0 fully saturated rings. The van der Waals surface area contributed by atoms with Crippen molar-refractivity contribution in [2.75, 3.05) is 0 Å². The Kier molecular flexibility index (Phi) is 5.83. The zero-order chi connectivity index (χ0) is 22.0. The number of rotatable bonds is 5. The predicted octanol–water partition coefficient (Wildman–Crippen LogP) is 6.29. The molecule has 0 bridgehead atoms. The van der Waals surface area contributed by atoms with Crippen molar-refractivity contribution in [3.8, 4) is 11.3 Å². The average Bonchev–Trinajstić information content (AvgIpc) is 2.81. The van der Waals surface area contributed by atoms with Gasteiger partial charge in [0.25, 0.3) is 0 Å². The van der Waals surface area contributed by atoms with Crippen LogP contribution in [-0.2, 0) is 4.74 Å². The van der Waals surface area contributed by atoms with Crippen molar-refractivity contribution < 1.29 is 14.3 Å². The number of aromatic nitrogens is 1. The molecular formula is C26H20ClNO3. The van der Waals surface area contributed by atoms with Crippen molar-refractivity contribution in [1.82, 2.24) is 4.98 Å². The summed E-state index contributed by atoms with van der Waals surface area (Å²) in [7, 11) is 0. The predicted molar refractivity (Wildman–Crippen MR) is 123 cm³/mol. The van der Waals surface area contributed by atoms with Gasteiger partial charge in [-0.1, -0.05) is 78.3 Å². The maximum absolute atomic E-state index is 13.1. The smallest absolute Gasteiger partial charge is 0.339 e. The minimum atomic E-state index is -0.924. The molecule has 0 aliphatic carbocycles. The van der Waals surface area contributed by atoms with Gasteiger partial charge in [0, 0.05) is 21.5 Å². The van der Waals surface area contributed by atoms with Crippen molar-refractivity contribution in [3.63, 3.8) is 0 Å². The van der Waals surface area contributed by atoms with Crippen molar-refractivity contribution in [1.29, 1.82) is 0 Å². The van der Waals surface area contributed by atoms with Crippen LogP contribution in [0.25, 0.3) is 22.2 Å². The number of halogens is 1. The summed E-state index contributed by atoms with van der Waals surface area (Å²) in [6.07, 6.45) is -0.924. The van der Waals surface area contributed by atoms with E-state index in [0.29, 0.717) is 32.7 Å². The fraction of sp³-hybridized carbons (Fsp3) is 0.115. The molecule has 1 heterocycles. The van der Waals surface area contributed by atoms with E-state index < -0.39 is 12.1 Å². The van der Waals surface area contributed by atoms with Crippen molar-refractivity contribution in [2.24, 2.45) is 0 Å². The van der Waals surface area contributed by atoms with E-state index in [9.17, 15) is 9.59 Å². The van der Waals surface area contributed by atoms with Gasteiger partial charge in [0.1, 0.15) is 0 Å². The second kappa shape index (κ2) is 8.70. The second-order valence-electron chi connectivity index (χ2n) is 7.27. The highest BCUT2D eigenvalue weighted by atomic mass is 35.5. The molecule has 4 nitrogen and oxygen atoms in total. The highest BCUT2D eigenvalue weighted by molar-refractivity contribution is 6.32. The Balaban J connectivity index is 1.76. The number of fused-ring (bicyclic) bond motifs is 1. The number of ketones is 1. The van der Waals surface area contributed by atoms with Gasteiger partial charge in [0.15, 0.2) is 6.10 Å². The third-order valence-corrected chi connectivity index (χ3v) is 5.58. The molecular weight excluding hydrogens is 410 g/mol. The summed E-state index contributed by atoms with van der Waals surface area (Å²) in [4.78, 5) is 30.6. The molecule has 1 unspecified atom stereocenters. The Morgan fingerprint density at radius 1 is 0.935 bits per heavy atom. The number of aryl methyl sites for hydroxylation is 1. The van der Waals surface area contributed by atoms with E-state index in [0.717, 1.165) is 11.1 Å². The molecule has 4 rings (SSSR count). The molecule has 0 N–H and O–H groups in total. The van der Waals surface area contributed by atoms with E-state index >= 15 is 0 Å². The first-order valence-electron chi connectivity index (χ1n) is 9.91. The Morgan fingerprint density at radius 3 is 2.26 bits per heavy atom. The summed E-state index contributed by atoms with van der Waals surface area (Å²) < 4.78 is 5.57. The number of carbonyl (C=O) groups excluding carboxylic acids is 2. The Bertz CT molecular complexity index is 1270. The first kappa shape index (κ1) is 20.8. The van der Waals surface area contributed by atoms with Crippen LogP contribution in [0.15, 0.2) is 78.9 Å². The number of carbonyl (C=O) groups is 2. The summed E-state index contributed by atoms with van der Waals surface area (Å²) in [5, 5.41) is 1.20. The van der Waals surface area contributed by atoms with Gasteiger partial charge in [-0.25, -0.2) is 9.78 Å². The molecule has 31 heavy (non-hydrogen) atoms. The highest BCUT2D eigenvalue weighted by Crippen LogP contribution is 2.30. The van der Waals surface area contributed by atoms with Gasteiger partial charge in [-0.3, -0.25) is 4.79 Å². The van der Waals surface area contributed by atoms with Gasteiger partial charge in [0.05, 0.1) is 16.8 Å². The highest BCUT2D eigenvalue weighted by Gasteiger charge is 2.23. The summed E-state index contributed by atoms with van der Waals surface area (Å²) >= 11 is 6.31. The van der Waals surface area contributed by atoms with Crippen LogP contribution in [-0.4, -0.2) is 22.8 Å². The normalized spacial score (nSPS) is 11.8. The molecule has 1 aromatic heterocycles. The van der Waals surface area contributed by atoms with Crippen molar-refractivity contribution >= 4 is 34.3 Å². The van der Waals surface area contributed by atoms with Gasteiger partial charge in [-0.15, -0.1) is 0 Å². The molecule has 0 saturated carbocycles. The number of pyridine rings is 1. The number of Topliss-reactive ketones (excluding diaryl/α,β-unsaturated/α-hetero) is 1. The molecule has 3 aromatic carbocycles. The molecule has 0 saturated heterocycles. The van der Waals surface area contributed by atoms with Crippen LogP contribution in [0.2, 0.25) is 5.02 Å². The molecule has 0 spiro atoms. The quantitative estimate of drug-likeness (QED) is 0.276. The lowest BCUT2D eigenvalue weighted by Crippen LogP contribution is -2.24. The number of hydrogen-bond donors (Lipinski definition) is 0. The number of nitrogens with zero attached hydrogens (tertiary/aromatic N) is 1. The fourth-order valence-electron chi connectivity index (χ4n) is 3.44. The minimum absolute atomic E-state index is 0.255. The molecule has 0 amide bonds. The van der Waals surface area contributed by atoms with E-state index in [1.807, 2.05) is 43.3 Å². The number of ether oxygens (including phenoxy) is 1. The van der Waals surface area contributed by atoms with Crippen molar-refractivity contribution in [2.45, 2.75) is 20.0 Å². The minimum Gasteiger partial charge on any atom is -0.451 e. The van der Waals surface area contributed by atoms with Crippen molar-refractivity contribution in [3.05, 3.63) is 101 Å². The summed E-state index contributed by atoms with van der Waals surface area (Å²) in [6.45, 7) is 3.44. The molecule has 0 radical (unpaired) electrons. The lowest BCUT2D eigenvalue weighted by molar-refractivity contribution is 0.0320. The number of hydrogen-bond acceptors (Lipinski definition) is 4. The van der Waals surface area contributed by atoms with E-state index in [-0.39, 0.29) is 5.78 Å². The first-order valence-corrected chi connectivity index (χ1v) is 10.3. The molecule has 154 valence electrons. The zero-order valence-corrected chi connectivity index (χ0v) is 17.9. The monoisotopic (exact) mass is 429 g/mol. The second-order valence-corrected chi connectivity index (χ2v) is 7.67. The van der Waals surface area contributed by atoms with Crippen LogP contribution >= 0.6 is 11.6 Å². The van der Waals surface area contributed by atoms with E-state index in [2.05, 4.69) is 0 Å². The summed E-state index contributed by atoms with van der Waals surface area (Å²) in [5.74, 6) is -0.835. The van der Waals surface area contributed by atoms with Gasteiger partial charge in [-0.2, -0.15) is 0 Å². The van der Waals surface area contributed by atoms with E-state index in [1.54, 1.807) is 49.4 Å².